The van der Waals surface area contributed by atoms with Crippen molar-refractivity contribution in [3.05, 3.63) is 0 Å². The first kappa shape index (κ1) is 24.7. The van der Waals surface area contributed by atoms with Gasteiger partial charge in [-0.15, -0.1) is 0 Å². The predicted molar refractivity (Wildman–Crippen MR) is 117 cm³/mol. The highest BCUT2D eigenvalue weighted by Gasteiger charge is 2.26. The fourth-order valence-electron chi connectivity index (χ4n) is 3.25. The Morgan fingerprint density at radius 1 is 1.25 bits per heavy atom. The molecule has 0 spiro atoms. The number of carbonyl (C=O) groups is 1. The van der Waals surface area contributed by atoms with E-state index in [1.54, 1.807) is 4.90 Å². The monoisotopic (exact) mass is 416 g/mol. The third kappa shape index (κ3) is 9.26. The molecule has 0 aromatic heterocycles. The average molecular weight is 417 g/mol. The van der Waals surface area contributed by atoms with E-state index in [0.717, 1.165) is 43.9 Å². The van der Waals surface area contributed by atoms with E-state index in [1.165, 1.54) is 0 Å². The molecule has 0 aromatic carbocycles. The lowest BCUT2D eigenvalue weighted by atomic mass is 9.95. The largest absolute Gasteiger partial charge is 0.444 e. The molecule has 8 heteroatoms. The van der Waals surface area contributed by atoms with Crippen molar-refractivity contribution >= 4 is 22.9 Å². The van der Waals surface area contributed by atoms with Crippen LogP contribution in [0.5, 0.6) is 0 Å². The van der Waals surface area contributed by atoms with E-state index >= 15 is 0 Å². The third-order valence-electron chi connectivity index (χ3n) is 4.64. The number of hydrogen-bond donors (Lipinski definition) is 2. The van der Waals surface area contributed by atoms with E-state index in [4.69, 9.17) is 4.74 Å². The van der Waals surface area contributed by atoms with Crippen LogP contribution in [0.1, 0.15) is 67.2 Å². The Labute approximate surface area is 173 Å². The van der Waals surface area contributed by atoms with Crippen LogP contribution in [0.3, 0.4) is 0 Å². The van der Waals surface area contributed by atoms with E-state index in [0.29, 0.717) is 25.7 Å². The van der Waals surface area contributed by atoms with E-state index in [2.05, 4.69) is 15.6 Å². The molecule has 2 N–H and O–H groups in total. The van der Waals surface area contributed by atoms with Gasteiger partial charge in [0.25, 0.3) is 0 Å². The van der Waals surface area contributed by atoms with Gasteiger partial charge in [-0.3, -0.25) is 9.20 Å². The number of amides is 1. The molecule has 0 bridgehead atoms. The Balaban J connectivity index is 2.60. The van der Waals surface area contributed by atoms with Gasteiger partial charge in [-0.05, 0) is 53.9 Å². The summed E-state index contributed by atoms with van der Waals surface area (Å²) >= 11 is 0. The first-order valence-corrected chi connectivity index (χ1v) is 12.0. The zero-order valence-corrected chi connectivity index (χ0v) is 19.4. The SMILES string of the molecule is CCNC(=NCCN(CC)C(=O)OC(C)(C)C)NC1CCCC(S(=O)CC)C1. The average Bonchev–Trinajstić information content (AvgIpc) is 2.63. The van der Waals surface area contributed by atoms with Crippen LogP contribution in [0.2, 0.25) is 0 Å². The second-order valence-corrected chi connectivity index (χ2v) is 10.1. The van der Waals surface area contributed by atoms with E-state index in [-0.39, 0.29) is 11.3 Å². The minimum atomic E-state index is -0.738. The van der Waals surface area contributed by atoms with Crippen molar-refractivity contribution in [2.75, 3.05) is 31.9 Å². The molecular formula is C20H40N4O3S. The maximum absolute atomic E-state index is 12.2. The van der Waals surface area contributed by atoms with Crippen LogP contribution in [0.4, 0.5) is 4.79 Å². The number of aliphatic imine (C=N–C) groups is 1. The van der Waals surface area contributed by atoms with Crippen LogP contribution in [-0.2, 0) is 15.5 Å². The molecule has 0 heterocycles. The quantitative estimate of drug-likeness (QED) is 0.470. The minimum absolute atomic E-state index is 0.280. The van der Waals surface area contributed by atoms with Crippen molar-refractivity contribution in [2.45, 2.75) is 84.1 Å². The lowest BCUT2D eigenvalue weighted by Gasteiger charge is -2.30. The normalized spacial score (nSPS) is 21.7. The molecule has 0 aromatic rings. The van der Waals surface area contributed by atoms with Gasteiger partial charge in [0, 0.05) is 47.5 Å². The zero-order valence-electron chi connectivity index (χ0n) is 18.5. The number of rotatable bonds is 8. The molecule has 164 valence electrons. The summed E-state index contributed by atoms with van der Waals surface area (Å²) in [6, 6.07) is 0.292. The van der Waals surface area contributed by atoms with Gasteiger partial charge >= 0.3 is 6.09 Å². The second-order valence-electron chi connectivity index (χ2n) is 8.12. The molecule has 3 unspecified atom stereocenters. The molecule has 28 heavy (non-hydrogen) atoms. The minimum Gasteiger partial charge on any atom is -0.444 e. The fraction of sp³-hybridized carbons (Fsp3) is 0.900. The van der Waals surface area contributed by atoms with Gasteiger partial charge in [0.1, 0.15) is 5.60 Å². The van der Waals surface area contributed by atoms with Gasteiger partial charge in [0.2, 0.25) is 0 Å². The number of ether oxygens (including phenoxy) is 1. The molecule has 1 amide bonds. The van der Waals surface area contributed by atoms with Gasteiger partial charge in [0.15, 0.2) is 5.96 Å². The molecule has 0 radical (unpaired) electrons. The highest BCUT2D eigenvalue weighted by atomic mass is 32.2. The first-order chi connectivity index (χ1) is 13.2. The van der Waals surface area contributed by atoms with Crippen LogP contribution in [0, 0.1) is 0 Å². The summed E-state index contributed by atoms with van der Waals surface area (Å²) in [7, 11) is -0.738. The maximum atomic E-state index is 12.2. The number of guanidine groups is 1. The van der Waals surface area contributed by atoms with Crippen LogP contribution < -0.4 is 10.6 Å². The van der Waals surface area contributed by atoms with Crippen LogP contribution in [0.15, 0.2) is 4.99 Å². The zero-order chi connectivity index (χ0) is 21.2. The number of hydrogen-bond acceptors (Lipinski definition) is 4. The molecule has 1 fully saturated rings. The van der Waals surface area contributed by atoms with Gasteiger partial charge in [-0.25, -0.2) is 4.79 Å². The number of nitrogens with one attached hydrogen (secondary N) is 2. The van der Waals surface area contributed by atoms with E-state index in [9.17, 15) is 9.00 Å². The van der Waals surface area contributed by atoms with Crippen LogP contribution in [0.25, 0.3) is 0 Å². The van der Waals surface area contributed by atoms with Crippen molar-refractivity contribution in [1.82, 2.24) is 15.5 Å². The Kier molecular flexibility index (Phi) is 10.9. The second kappa shape index (κ2) is 12.3. The molecular weight excluding hydrogens is 376 g/mol. The molecule has 0 aliphatic heterocycles. The molecule has 1 aliphatic rings. The van der Waals surface area contributed by atoms with Crippen LogP contribution >= 0.6 is 0 Å². The Morgan fingerprint density at radius 3 is 2.54 bits per heavy atom. The van der Waals surface area contributed by atoms with Crippen molar-refractivity contribution in [3.63, 3.8) is 0 Å². The predicted octanol–water partition coefficient (Wildman–Crippen LogP) is 2.88. The van der Waals surface area contributed by atoms with Gasteiger partial charge in [0.05, 0.1) is 6.54 Å². The van der Waals surface area contributed by atoms with Crippen LogP contribution in [-0.4, -0.2) is 70.0 Å². The Morgan fingerprint density at radius 2 is 1.96 bits per heavy atom. The molecule has 7 nitrogen and oxygen atoms in total. The number of carbonyl (C=O) groups excluding carboxylic acids is 1. The number of likely N-dealkylation sites (N-methyl/N-ethyl adjacent to an activating group) is 1. The summed E-state index contributed by atoms with van der Waals surface area (Å²) in [6.07, 6.45) is 3.83. The Bertz CT molecular complexity index is 534. The topological polar surface area (TPSA) is 83.0 Å². The molecule has 3 atom stereocenters. The lowest BCUT2D eigenvalue weighted by Crippen LogP contribution is -2.47. The summed E-state index contributed by atoms with van der Waals surface area (Å²) < 4.78 is 17.6. The van der Waals surface area contributed by atoms with Crippen molar-refractivity contribution < 1.29 is 13.7 Å². The fourth-order valence-corrected chi connectivity index (χ4v) is 4.60. The first-order valence-electron chi connectivity index (χ1n) is 10.6. The molecule has 1 aliphatic carbocycles. The summed E-state index contributed by atoms with van der Waals surface area (Å²) in [5.41, 5.74) is -0.500. The molecule has 1 saturated carbocycles. The number of nitrogens with zero attached hydrogens (tertiary/aromatic N) is 2. The summed E-state index contributed by atoms with van der Waals surface area (Å²) in [5.74, 6) is 1.49. The lowest BCUT2D eigenvalue weighted by molar-refractivity contribution is 0.0266. The van der Waals surface area contributed by atoms with Crippen molar-refractivity contribution in [2.24, 2.45) is 4.99 Å². The highest BCUT2D eigenvalue weighted by molar-refractivity contribution is 7.85. The Hall–Kier alpha value is -1.31. The molecule has 0 saturated heterocycles. The summed E-state index contributed by atoms with van der Waals surface area (Å²) in [5, 5.41) is 7.05. The van der Waals surface area contributed by atoms with Crippen molar-refractivity contribution in [1.29, 1.82) is 0 Å². The molecule has 1 rings (SSSR count). The standard InChI is InChI=1S/C20H40N4O3S/c1-7-21-18(23-16-11-10-12-17(15-16)28(26)9-3)22-13-14-24(8-2)19(25)27-20(4,5)6/h16-17H,7-15H2,1-6H3,(H2,21,22,23). The smallest absolute Gasteiger partial charge is 0.410 e. The van der Waals surface area contributed by atoms with Crippen molar-refractivity contribution in [3.8, 4) is 0 Å². The van der Waals surface area contributed by atoms with Gasteiger partial charge in [-0.1, -0.05) is 13.3 Å². The van der Waals surface area contributed by atoms with Gasteiger partial charge < -0.3 is 20.3 Å². The summed E-state index contributed by atoms with van der Waals surface area (Å²) in [4.78, 5) is 18.5. The highest BCUT2D eigenvalue weighted by Crippen LogP contribution is 2.23. The van der Waals surface area contributed by atoms with Gasteiger partial charge in [-0.2, -0.15) is 0 Å². The summed E-state index contributed by atoms with van der Waals surface area (Å²) in [6.45, 7) is 13.9. The van der Waals surface area contributed by atoms with E-state index < -0.39 is 16.4 Å². The third-order valence-corrected chi connectivity index (χ3v) is 6.38. The maximum Gasteiger partial charge on any atom is 0.410 e. The van der Waals surface area contributed by atoms with E-state index in [1.807, 2.05) is 41.5 Å².